The minimum Gasteiger partial charge on any atom is -0.300 e. The van der Waals surface area contributed by atoms with E-state index < -0.39 is 0 Å². The Hall–Kier alpha value is -2.19. The van der Waals surface area contributed by atoms with Crippen molar-refractivity contribution in [2.24, 2.45) is 0 Å². The minimum absolute atomic E-state index is 0.114. The van der Waals surface area contributed by atoms with Crippen LogP contribution in [0.4, 0.5) is 5.13 Å². The van der Waals surface area contributed by atoms with Crippen LogP contribution in [0.2, 0.25) is 0 Å². The van der Waals surface area contributed by atoms with Crippen molar-refractivity contribution < 1.29 is 4.79 Å². The molecule has 1 amide bonds. The van der Waals surface area contributed by atoms with Crippen LogP contribution in [-0.4, -0.2) is 31.4 Å². The van der Waals surface area contributed by atoms with E-state index in [2.05, 4.69) is 66.4 Å². The molecule has 2 heterocycles. The van der Waals surface area contributed by atoms with Crippen LogP contribution in [0.25, 0.3) is 5.69 Å². The summed E-state index contributed by atoms with van der Waals surface area (Å²) in [6, 6.07) is 6.30. The third kappa shape index (κ3) is 4.31. The molecule has 6 nitrogen and oxygen atoms in total. The van der Waals surface area contributed by atoms with E-state index in [0.29, 0.717) is 11.0 Å². The molecule has 0 saturated heterocycles. The maximum atomic E-state index is 12.2. The molecule has 0 unspecified atom stereocenters. The summed E-state index contributed by atoms with van der Waals surface area (Å²) in [6.45, 7) is 8.23. The van der Waals surface area contributed by atoms with Crippen LogP contribution in [0.1, 0.15) is 35.9 Å². The highest BCUT2D eigenvalue weighted by Crippen LogP contribution is 2.25. The zero-order valence-electron chi connectivity index (χ0n) is 15.2. The first kappa shape index (κ1) is 18.6. The van der Waals surface area contributed by atoms with Crippen molar-refractivity contribution in [3.05, 3.63) is 46.7 Å². The van der Waals surface area contributed by atoms with Crippen molar-refractivity contribution in [1.82, 2.24) is 19.7 Å². The van der Waals surface area contributed by atoms with E-state index >= 15 is 0 Å². The van der Waals surface area contributed by atoms with Crippen molar-refractivity contribution in [1.29, 1.82) is 0 Å². The molecule has 8 heteroatoms. The first-order valence-corrected chi connectivity index (χ1v) is 10.1. The van der Waals surface area contributed by atoms with Crippen LogP contribution in [0.15, 0.2) is 35.7 Å². The van der Waals surface area contributed by atoms with Gasteiger partial charge in [-0.1, -0.05) is 49.1 Å². The SMILES string of the molecule is Cc1ccc(C)c(-n2ccnc2SCC(=O)Nc2nnc(C(C)C)s2)c1. The Morgan fingerprint density at radius 1 is 1.31 bits per heavy atom. The maximum absolute atomic E-state index is 12.2. The molecule has 2 aromatic heterocycles. The summed E-state index contributed by atoms with van der Waals surface area (Å²) in [5, 5.41) is 13.1. The normalized spacial score (nSPS) is 11.1. The molecule has 3 aromatic rings. The van der Waals surface area contributed by atoms with Gasteiger partial charge in [-0.05, 0) is 31.0 Å². The van der Waals surface area contributed by atoms with Gasteiger partial charge in [0, 0.05) is 18.3 Å². The lowest BCUT2D eigenvalue weighted by Crippen LogP contribution is -2.14. The van der Waals surface area contributed by atoms with Crippen molar-refractivity contribution in [2.75, 3.05) is 11.1 Å². The number of anilines is 1. The number of hydrogen-bond donors (Lipinski definition) is 1. The fraction of sp³-hybridized carbons (Fsp3) is 0.333. The van der Waals surface area contributed by atoms with E-state index in [4.69, 9.17) is 0 Å². The highest BCUT2D eigenvalue weighted by Gasteiger charge is 2.13. The van der Waals surface area contributed by atoms with Gasteiger partial charge in [0.05, 0.1) is 11.4 Å². The summed E-state index contributed by atoms with van der Waals surface area (Å²) >= 11 is 2.81. The fourth-order valence-electron chi connectivity index (χ4n) is 2.36. The van der Waals surface area contributed by atoms with Gasteiger partial charge in [0.2, 0.25) is 11.0 Å². The molecule has 3 rings (SSSR count). The second-order valence-corrected chi connectivity index (χ2v) is 8.26. The second-order valence-electron chi connectivity index (χ2n) is 6.31. The smallest absolute Gasteiger partial charge is 0.236 e. The number of imidazole rings is 1. The van der Waals surface area contributed by atoms with Gasteiger partial charge in [-0.15, -0.1) is 10.2 Å². The van der Waals surface area contributed by atoms with Crippen LogP contribution in [0.5, 0.6) is 0 Å². The molecule has 0 aliphatic rings. The van der Waals surface area contributed by atoms with Gasteiger partial charge in [0.15, 0.2) is 5.16 Å². The average Bonchev–Trinajstić information content (AvgIpc) is 3.24. The first-order chi connectivity index (χ1) is 12.4. The number of thioether (sulfide) groups is 1. The molecule has 136 valence electrons. The Bertz CT molecular complexity index is 916. The molecule has 1 N–H and O–H groups in total. The summed E-state index contributed by atoms with van der Waals surface area (Å²) in [7, 11) is 0. The molecule has 1 aromatic carbocycles. The van der Waals surface area contributed by atoms with E-state index in [1.807, 2.05) is 10.8 Å². The summed E-state index contributed by atoms with van der Waals surface area (Å²) in [4.78, 5) is 16.6. The molecular weight excluding hydrogens is 366 g/mol. The number of amides is 1. The molecule has 26 heavy (non-hydrogen) atoms. The third-order valence-electron chi connectivity index (χ3n) is 3.74. The van der Waals surface area contributed by atoms with Crippen LogP contribution in [0, 0.1) is 13.8 Å². The van der Waals surface area contributed by atoms with E-state index in [0.717, 1.165) is 21.4 Å². The number of nitrogens with one attached hydrogen (secondary N) is 1. The van der Waals surface area contributed by atoms with Gasteiger partial charge in [0.1, 0.15) is 5.01 Å². The summed E-state index contributed by atoms with van der Waals surface area (Å²) in [6.07, 6.45) is 3.67. The molecule has 0 bridgehead atoms. The van der Waals surface area contributed by atoms with E-state index in [1.54, 1.807) is 6.20 Å². The number of benzene rings is 1. The van der Waals surface area contributed by atoms with E-state index in [-0.39, 0.29) is 11.7 Å². The van der Waals surface area contributed by atoms with Crippen molar-refractivity contribution in [2.45, 2.75) is 38.8 Å². The van der Waals surface area contributed by atoms with Crippen molar-refractivity contribution in [3.8, 4) is 5.69 Å². The highest BCUT2D eigenvalue weighted by molar-refractivity contribution is 7.99. The molecule has 0 spiro atoms. The number of aromatic nitrogens is 4. The lowest BCUT2D eigenvalue weighted by Gasteiger charge is -2.11. The van der Waals surface area contributed by atoms with Gasteiger partial charge < -0.3 is 0 Å². The highest BCUT2D eigenvalue weighted by atomic mass is 32.2. The zero-order valence-corrected chi connectivity index (χ0v) is 16.8. The summed E-state index contributed by atoms with van der Waals surface area (Å²) in [5.74, 6) is 0.452. The van der Waals surface area contributed by atoms with Gasteiger partial charge in [-0.3, -0.25) is 14.7 Å². The predicted molar refractivity (Wildman–Crippen MR) is 106 cm³/mol. The van der Waals surface area contributed by atoms with E-state index in [9.17, 15) is 4.79 Å². The standard InChI is InChI=1S/C18H21N5OS2/c1-11(2)16-21-22-17(26-16)20-15(24)10-25-18-19-7-8-23(18)14-9-12(3)5-6-13(14)4/h5-9,11H,10H2,1-4H3,(H,20,22,24). The largest absolute Gasteiger partial charge is 0.300 e. The molecule has 0 aliphatic heterocycles. The monoisotopic (exact) mass is 387 g/mol. The molecule has 0 saturated carbocycles. The first-order valence-electron chi connectivity index (χ1n) is 8.31. The molecule has 0 aliphatic carbocycles. The van der Waals surface area contributed by atoms with Crippen molar-refractivity contribution in [3.63, 3.8) is 0 Å². The Kier molecular flexibility index (Phi) is 5.73. The van der Waals surface area contributed by atoms with Crippen LogP contribution in [0.3, 0.4) is 0 Å². The fourth-order valence-corrected chi connectivity index (χ4v) is 3.89. The molecule has 0 atom stereocenters. The van der Waals surface area contributed by atoms with Gasteiger partial charge in [-0.25, -0.2) is 4.98 Å². The number of carbonyl (C=O) groups is 1. The Morgan fingerprint density at radius 3 is 2.85 bits per heavy atom. The number of hydrogen-bond acceptors (Lipinski definition) is 6. The maximum Gasteiger partial charge on any atom is 0.236 e. The Balaban J connectivity index is 1.66. The minimum atomic E-state index is -0.114. The second kappa shape index (κ2) is 8.01. The summed E-state index contributed by atoms with van der Waals surface area (Å²) < 4.78 is 2.02. The number of carbonyl (C=O) groups excluding carboxylic acids is 1. The van der Waals surface area contributed by atoms with Crippen LogP contribution in [-0.2, 0) is 4.79 Å². The predicted octanol–water partition coefficient (Wildman–Crippen LogP) is 4.19. The van der Waals surface area contributed by atoms with Crippen molar-refractivity contribution >= 4 is 34.1 Å². The molecule has 0 radical (unpaired) electrons. The summed E-state index contributed by atoms with van der Waals surface area (Å²) in [5.41, 5.74) is 3.43. The van der Waals surface area contributed by atoms with Gasteiger partial charge in [-0.2, -0.15) is 0 Å². The zero-order chi connectivity index (χ0) is 18.7. The average molecular weight is 388 g/mol. The molecular formula is C18H21N5OS2. The lowest BCUT2D eigenvalue weighted by molar-refractivity contribution is -0.113. The molecule has 0 fully saturated rings. The van der Waals surface area contributed by atoms with E-state index in [1.165, 1.54) is 28.7 Å². The quantitative estimate of drug-likeness (QED) is 0.642. The third-order valence-corrected chi connectivity index (χ3v) is 5.85. The Labute approximate surface area is 161 Å². The number of aryl methyl sites for hydroxylation is 2. The lowest BCUT2D eigenvalue weighted by atomic mass is 10.1. The van der Waals surface area contributed by atoms with Gasteiger partial charge in [0.25, 0.3) is 0 Å². The van der Waals surface area contributed by atoms with Crippen LogP contribution >= 0.6 is 23.1 Å². The number of nitrogens with zero attached hydrogens (tertiary/aromatic N) is 4. The van der Waals surface area contributed by atoms with Crippen LogP contribution < -0.4 is 5.32 Å². The van der Waals surface area contributed by atoms with Gasteiger partial charge >= 0.3 is 0 Å². The number of rotatable bonds is 6. The topological polar surface area (TPSA) is 72.7 Å². The Morgan fingerprint density at radius 2 is 2.12 bits per heavy atom.